The Kier molecular flexibility index (Phi) is 2.44. The maximum absolute atomic E-state index is 4.34. The van der Waals surface area contributed by atoms with E-state index in [0.717, 1.165) is 22.3 Å². The number of pyridine rings is 1. The number of rotatable bonds is 1. The minimum atomic E-state index is 1.01. The van der Waals surface area contributed by atoms with Crippen LogP contribution in [0, 0.1) is 6.92 Å². The molecule has 1 aromatic rings. The molecule has 0 saturated carbocycles. The highest BCUT2D eigenvalue weighted by molar-refractivity contribution is 9.10. The van der Waals surface area contributed by atoms with E-state index in [1.54, 1.807) is 0 Å². The van der Waals surface area contributed by atoms with Crippen LogP contribution in [0.1, 0.15) is 18.3 Å². The van der Waals surface area contributed by atoms with Crippen LogP contribution in [0.25, 0.3) is 0 Å². The van der Waals surface area contributed by atoms with Gasteiger partial charge in [-0.15, -0.1) is 0 Å². The van der Waals surface area contributed by atoms with Gasteiger partial charge in [-0.2, -0.15) is 0 Å². The smallest absolute Gasteiger partial charge is 0.0517 e. The highest BCUT2D eigenvalue weighted by Crippen LogP contribution is 2.13. The molecule has 10 heavy (non-hydrogen) atoms. The first-order valence-electron chi connectivity index (χ1n) is 3.36. The third-order valence-corrected chi connectivity index (χ3v) is 2.28. The number of hydrogen-bond acceptors (Lipinski definition) is 1. The quantitative estimate of drug-likeness (QED) is 0.679. The van der Waals surface area contributed by atoms with Crippen molar-refractivity contribution in [2.75, 3.05) is 0 Å². The molecule has 1 heterocycles. The van der Waals surface area contributed by atoms with Crippen molar-refractivity contribution in [3.63, 3.8) is 0 Å². The SMILES string of the molecule is CCc1ccc(Br)c(C)n1. The molecule has 0 aliphatic heterocycles. The molecule has 0 saturated heterocycles. The lowest BCUT2D eigenvalue weighted by atomic mass is 10.3. The summed E-state index contributed by atoms with van der Waals surface area (Å²) in [7, 11) is 0. The molecule has 1 aromatic heterocycles. The minimum Gasteiger partial charge on any atom is -0.257 e. The van der Waals surface area contributed by atoms with Gasteiger partial charge in [0.05, 0.1) is 5.69 Å². The maximum atomic E-state index is 4.34. The second kappa shape index (κ2) is 3.15. The van der Waals surface area contributed by atoms with Gasteiger partial charge in [0.2, 0.25) is 0 Å². The van der Waals surface area contributed by atoms with E-state index in [-0.39, 0.29) is 0 Å². The molecule has 0 unspecified atom stereocenters. The van der Waals surface area contributed by atoms with Gasteiger partial charge in [-0.3, -0.25) is 4.98 Å². The number of halogens is 1. The Morgan fingerprint density at radius 1 is 1.50 bits per heavy atom. The summed E-state index contributed by atoms with van der Waals surface area (Å²) in [5, 5.41) is 0. The van der Waals surface area contributed by atoms with Crippen LogP contribution in [-0.4, -0.2) is 4.98 Å². The van der Waals surface area contributed by atoms with Gasteiger partial charge in [0.25, 0.3) is 0 Å². The normalized spacial score (nSPS) is 9.90. The summed E-state index contributed by atoms with van der Waals surface area (Å²) >= 11 is 3.40. The molecule has 0 atom stereocenters. The van der Waals surface area contributed by atoms with Crippen LogP contribution in [0.3, 0.4) is 0 Å². The van der Waals surface area contributed by atoms with E-state index in [4.69, 9.17) is 0 Å². The Morgan fingerprint density at radius 2 is 2.20 bits per heavy atom. The van der Waals surface area contributed by atoms with Crippen molar-refractivity contribution in [1.82, 2.24) is 4.98 Å². The lowest BCUT2D eigenvalue weighted by Gasteiger charge is -1.98. The molecule has 1 rings (SSSR count). The van der Waals surface area contributed by atoms with Gasteiger partial charge in [0, 0.05) is 10.2 Å². The molecule has 0 aliphatic carbocycles. The lowest BCUT2D eigenvalue weighted by Crippen LogP contribution is -1.89. The van der Waals surface area contributed by atoms with E-state index in [2.05, 4.69) is 27.8 Å². The average molecular weight is 200 g/mol. The molecule has 2 heteroatoms. The zero-order chi connectivity index (χ0) is 7.56. The Labute approximate surface area is 69.6 Å². The van der Waals surface area contributed by atoms with Crippen molar-refractivity contribution in [3.05, 3.63) is 28.0 Å². The van der Waals surface area contributed by atoms with Crippen LogP contribution in [0.15, 0.2) is 16.6 Å². The topological polar surface area (TPSA) is 12.9 Å². The third-order valence-electron chi connectivity index (χ3n) is 1.44. The number of hydrogen-bond donors (Lipinski definition) is 0. The maximum Gasteiger partial charge on any atom is 0.0517 e. The van der Waals surface area contributed by atoms with E-state index in [0.29, 0.717) is 0 Å². The van der Waals surface area contributed by atoms with Crippen molar-refractivity contribution in [1.29, 1.82) is 0 Å². The molecule has 0 bridgehead atoms. The zero-order valence-electron chi connectivity index (χ0n) is 6.19. The first-order valence-corrected chi connectivity index (χ1v) is 4.15. The van der Waals surface area contributed by atoms with Crippen molar-refractivity contribution in [2.24, 2.45) is 0 Å². The van der Waals surface area contributed by atoms with E-state index in [9.17, 15) is 0 Å². The van der Waals surface area contributed by atoms with Crippen molar-refractivity contribution in [3.8, 4) is 0 Å². The third kappa shape index (κ3) is 1.57. The van der Waals surface area contributed by atoms with Crippen LogP contribution in [0.4, 0.5) is 0 Å². The van der Waals surface area contributed by atoms with Gasteiger partial charge in [0.1, 0.15) is 0 Å². The molecule has 54 valence electrons. The van der Waals surface area contributed by atoms with Gasteiger partial charge >= 0.3 is 0 Å². The second-order valence-electron chi connectivity index (χ2n) is 2.22. The molecule has 0 N–H and O–H groups in total. The Balaban J connectivity index is 3.04. The number of aryl methyl sites for hydroxylation is 2. The first kappa shape index (κ1) is 7.73. The van der Waals surface area contributed by atoms with Crippen LogP contribution in [0.2, 0.25) is 0 Å². The Hall–Kier alpha value is -0.370. The molecule has 0 spiro atoms. The van der Waals surface area contributed by atoms with E-state index in [1.165, 1.54) is 0 Å². The average Bonchev–Trinajstić information content (AvgIpc) is 1.95. The van der Waals surface area contributed by atoms with Gasteiger partial charge in [-0.1, -0.05) is 6.92 Å². The summed E-state index contributed by atoms with van der Waals surface area (Å²) in [6.45, 7) is 4.11. The fourth-order valence-corrected chi connectivity index (χ4v) is 1.01. The summed E-state index contributed by atoms with van der Waals surface area (Å²) in [5.41, 5.74) is 2.22. The van der Waals surface area contributed by atoms with Crippen molar-refractivity contribution in [2.45, 2.75) is 20.3 Å². The molecule has 0 amide bonds. The fraction of sp³-hybridized carbons (Fsp3) is 0.375. The van der Waals surface area contributed by atoms with Crippen molar-refractivity contribution >= 4 is 15.9 Å². The molecule has 0 aliphatic rings. The predicted molar refractivity (Wildman–Crippen MR) is 46.1 cm³/mol. The minimum absolute atomic E-state index is 1.01. The van der Waals surface area contributed by atoms with Crippen LogP contribution < -0.4 is 0 Å². The first-order chi connectivity index (χ1) is 4.74. The largest absolute Gasteiger partial charge is 0.257 e. The Morgan fingerprint density at radius 3 is 2.70 bits per heavy atom. The molecular weight excluding hydrogens is 190 g/mol. The summed E-state index contributed by atoms with van der Waals surface area (Å²) in [6, 6.07) is 4.08. The Bertz CT molecular complexity index is 233. The van der Waals surface area contributed by atoms with E-state index >= 15 is 0 Å². The lowest BCUT2D eigenvalue weighted by molar-refractivity contribution is 1.000. The summed E-state index contributed by atoms with van der Waals surface area (Å²) in [5.74, 6) is 0. The van der Waals surface area contributed by atoms with E-state index in [1.807, 2.05) is 19.1 Å². The van der Waals surface area contributed by atoms with Crippen molar-refractivity contribution < 1.29 is 0 Å². The number of aromatic nitrogens is 1. The summed E-state index contributed by atoms with van der Waals surface area (Å²) < 4.78 is 1.09. The van der Waals surface area contributed by atoms with Gasteiger partial charge in [-0.05, 0) is 41.4 Å². The van der Waals surface area contributed by atoms with Gasteiger partial charge in [-0.25, -0.2) is 0 Å². The molecule has 1 nitrogen and oxygen atoms in total. The second-order valence-corrected chi connectivity index (χ2v) is 3.08. The molecular formula is C8H10BrN. The summed E-state index contributed by atoms with van der Waals surface area (Å²) in [6.07, 6.45) is 1.01. The predicted octanol–water partition coefficient (Wildman–Crippen LogP) is 2.71. The summed E-state index contributed by atoms with van der Waals surface area (Å²) in [4.78, 5) is 4.34. The van der Waals surface area contributed by atoms with Gasteiger partial charge < -0.3 is 0 Å². The van der Waals surface area contributed by atoms with Crippen LogP contribution in [-0.2, 0) is 6.42 Å². The number of nitrogens with zero attached hydrogens (tertiary/aromatic N) is 1. The van der Waals surface area contributed by atoms with Gasteiger partial charge in [0.15, 0.2) is 0 Å². The molecule has 0 fully saturated rings. The van der Waals surface area contributed by atoms with Crippen LogP contribution >= 0.6 is 15.9 Å². The monoisotopic (exact) mass is 199 g/mol. The molecule has 0 radical (unpaired) electrons. The molecule has 0 aromatic carbocycles. The fourth-order valence-electron chi connectivity index (χ4n) is 0.793. The zero-order valence-corrected chi connectivity index (χ0v) is 7.77. The highest BCUT2D eigenvalue weighted by atomic mass is 79.9. The van der Waals surface area contributed by atoms with E-state index < -0.39 is 0 Å². The highest BCUT2D eigenvalue weighted by Gasteiger charge is 1.95. The standard InChI is InChI=1S/C8H10BrN/c1-3-7-4-5-8(9)6(2)10-7/h4-5H,3H2,1-2H3. The van der Waals surface area contributed by atoms with Crippen LogP contribution in [0.5, 0.6) is 0 Å².